The Morgan fingerprint density at radius 1 is 1.14 bits per heavy atom. The van der Waals surface area contributed by atoms with Gasteiger partial charge in [-0.1, -0.05) is 44.2 Å². The first-order valence-electron chi connectivity index (χ1n) is 9.99. The van der Waals surface area contributed by atoms with E-state index in [1.165, 1.54) is 16.8 Å². The molecule has 2 aromatic carbocycles. The molecule has 29 heavy (non-hydrogen) atoms. The van der Waals surface area contributed by atoms with Crippen LogP contribution < -0.4 is 5.56 Å². The monoisotopic (exact) mass is 393 g/mol. The number of nitrogens with zero attached hydrogens (tertiary/aromatic N) is 3. The lowest BCUT2D eigenvalue weighted by Crippen LogP contribution is -2.36. The first-order valence-corrected chi connectivity index (χ1v) is 9.99. The van der Waals surface area contributed by atoms with Crippen LogP contribution in [0.4, 0.5) is 4.39 Å². The fourth-order valence-corrected chi connectivity index (χ4v) is 3.54. The average molecular weight is 393 g/mol. The summed E-state index contributed by atoms with van der Waals surface area (Å²) in [5, 5.41) is 5.56. The van der Waals surface area contributed by atoms with Crippen molar-refractivity contribution in [2.75, 3.05) is 0 Å². The molecule has 3 aromatic rings. The van der Waals surface area contributed by atoms with E-state index >= 15 is 0 Å². The summed E-state index contributed by atoms with van der Waals surface area (Å²) in [6.07, 6.45) is 1.88. The Kier molecular flexibility index (Phi) is 5.18. The van der Waals surface area contributed by atoms with Gasteiger partial charge in [-0.25, -0.2) is 9.07 Å². The van der Waals surface area contributed by atoms with Crippen molar-refractivity contribution in [1.82, 2.24) is 14.7 Å². The van der Waals surface area contributed by atoms with Crippen molar-refractivity contribution in [2.45, 2.75) is 45.8 Å². The van der Waals surface area contributed by atoms with Crippen molar-refractivity contribution < 1.29 is 9.18 Å². The molecule has 1 aliphatic rings. The van der Waals surface area contributed by atoms with Gasteiger partial charge >= 0.3 is 0 Å². The molecule has 4 rings (SSSR count). The second kappa shape index (κ2) is 7.78. The molecular formula is C23H24FN3O2. The summed E-state index contributed by atoms with van der Waals surface area (Å²) in [4.78, 5) is 28.2. The third-order valence-corrected chi connectivity index (χ3v) is 5.12. The maximum atomic E-state index is 13.5. The van der Waals surface area contributed by atoms with Gasteiger partial charge in [0.05, 0.1) is 5.39 Å². The summed E-state index contributed by atoms with van der Waals surface area (Å²) >= 11 is 0. The number of hydrogen-bond acceptors (Lipinski definition) is 3. The molecule has 0 bridgehead atoms. The topological polar surface area (TPSA) is 55.2 Å². The molecule has 6 heteroatoms. The van der Waals surface area contributed by atoms with Gasteiger partial charge in [0.25, 0.3) is 11.5 Å². The molecule has 0 N–H and O–H groups in total. The zero-order chi connectivity index (χ0) is 20.5. The molecule has 1 aromatic heterocycles. The van der Waals surface area contributed by atoms with Crippen molar-refractivity contribution >= 4 is 16.7 Å². The molecule has 0 radical (unpaired) electrons. The van der Waals surface area contributed by atoms with Crippen LogP contribution in [0.2, 0.25) is 0 Å². The molecule has 0 atom stereocenters. The molecule has 1 heterocycles. The average Bonchev–Trinajstić information content (AvgIpc) is 3.54. The Morgan fingerprint density at radius 3 is 2.41 bits per heavy atom. The fraction of sp³-hybridized carbons (Fsp3) is 0.348. The van der Waals surface area contributed by atoms with Crippen LogP contribution in [0.25, 0.3) is 10.8 Å². The molecule has 1 aliphatic carbocycles. The third kappa shape index (κ3) is 4.06. The summed E-state index contributed by atoms with van der Waals surface area (Å²) in [6, 6.07) is 13.5. The molecular weight excluding hydrogens is 369 g/mol. The van der Waals surface area contributed by atoms with Crippen LogP contribution in [0.1, 0.15) is 42.7 Å². The summed E-state index contributed by atoms with van der Waals surface area (Å²) in [6.45, 7) is 4.86. The van der Waals surface area contributed by atoms with Gasteiger partial charge in [0.15, 0.2) is 5.69 Å². The van der Waals surface area contributed by atoms with Crippen molar-refractivity contribution in [3.63, 3.8) is 0 Å². The number of halogens is 1. The molecule has 5 nitrogen and oxygen atoms in total. The lowest BCUT2D eigenvalue weighted by atomic mass is 10.1. The zero-order valence-electron chi connectivity index (χ0n) is 16.6. The van der Waals surface area contributed by atoms with E-state index < -0.39 is 0 Å². The molecule has 150 valence electrons. The third-order valence-electron chi connectivity index (χ3n) is 5.12. The number of carbonyl (C=O) groups excluding carboxylic acids is 1. The second-order valence-electron chi connectivity index (χ2n) is 8.07. The second-order valence-corrected chi connectivity index (χ2v) is 8.07. The normalized spacial score (nSPS) is 13.8. The van der Waals surface area contributed by atoms with Crippen LogP contribution in [-0.2, 0) is 13.1 Å². The van der Waals surface area contributed by atoms with E-state index in [0.717, 1.165) is 18.4 Å². The van der Waals surface area contributed by atoms with Gasteiger partial charge in [-0.2, -0.15) is 5.10 Å². The van der Waals surface area contributed by atoms with Gasteiger partial charge in [-0.15, -0.1) is 0 Å². The molecule has 1 amide bonds. The van der Waals surface area contributed by atoms with Crippen LogP contribution in [0, 0.1) is 11.7 Å². The number of rotatable bonds is 6. The van der Waals surface area contributed by atoms with E-state index in [4.69, 9.17) is 0 Å². The van der Waals surface area contributed by atoms with Crippen LogP contribution in [0.5, 0.6) is 0 Å². The van der Waals surface area contributed by atoms with Gasteiger partial charge in [0.2, 0.25) is 0 Å². The molecule has 0 unspecified atom stereocenters. The number of amides is 1. The van der Waals surface area contributed by atoms with E-state index in [2.05, 4.69) is 5.10 Å². The highest BCUT2D eigenvalue weighted by molar-refractivity contribution is 6.05. The summed E-state index contributed by atoms with van der Waals surface area (Å²) in [7, 11) is 0. The number of benzene rings is 2. The minimum absolute atomic E-state index is 0.151. The number of carbonyl (C=O) groups is 1. The Hall–Kier alpha value is -3.02. The Labute approximate surface area is 168 Å². The smallest absolute Gasteiger partial charge is 0.275 e. The number of aromatic nitrogens is 2. The first kappa shape index (κ1) is 19.3. The number of fused-ring (bicyclic) bond motifs is 1. The molecule has 1 saturated carbocycles. The van der Waals surface area contributed by atoms with Crippen molar-refractivity contribution in [3.05, 3.63) is 76.0 Å². The first-order chi connectivity index (χ1) is 13.9. The predicted octanol–water partition coefficient (Wildman–Crippen LogP) is 4.00. The van der Waals surface area contributed by atoms with Gasteiger partial charge in [-0.3, -0.25) is 9.59 Å². The van der Waals surface area contributed by atoms with Crippen LogP contribution in [0.3, 0.4) is 0 Å². The van der Waals surface area contributed by atoms with Crippen LogP contribution >= 0.6 is 0 Å². The lowest BCUT2D eigenvalue weighted by Gasteiger charge is -2.23. The Morgan fingerprint density at radius 2 is 1.79 bits per heavy atom. The van der Waals surface area contributed by atoms with Crippen molar-refractivity contribution in [3.8, 4) is 0 Å². The highest BCUT2D eigenvalue weighted by Crippen LogP contribution is 2.30. The van der Waals surface area contributed by atoms with Crippen LogP contribution in [0.15, 0.2) is 53.3 Å². The minimum atomic E-state index is -0.300. The van der Waals surface area contributed by atoms with E-state index in [9.17, 15) is 14.0 Å². The van der Waals surface area contributed by atoms with E-state index in [1.807, 2.05) is 19.9 Å². The standard InChI is InChI=1S/C23H24FN3O2/c1-15(2)13-27-22(28)20-6-4-3-5-19(20)21(25-27)23(29)26(18-11-12-18)14-16-7-9-17(24)10-8-16/h3-10,15,18H,11-14H2,1-2H3. The van der Waals surface area contributed by atoms with Gasteiger partial charge in [-0.05, 0) is 42.5 Å². The molecule has 0 spiro atoms. The van der Waals surface area contributed by atoms with E-state index in [1.54, 1.807) is 35.2 Å². The maximum absolute atomic E-state index is 13.5. The van der Waals surface area contributed by atoms with Crippen molar-refractivity contribution in [1.29, 1.82) is 0 Å². The Bertz CT molecular complexity index is 1100. The Balaban J connectivity index is 1.77. The van der Waals surface area contributed by atoms with E-state index in [0.29, 0.717) is 29.6 Å². The largest absolute Gasteiger partial charge is 0.330 e. The van der Waals surface area contributed by atoms with Crippen molar-refractivity contribution in [2.24, 2.45) is 5.92 Å². The maximum Gasteiger partial charge on any atom is 0.275 e. The number of hydrogen-bond donors (Lipinski definition) is 0. The fourth-order valence-electron chi connectivity index (χ4n) is 3.54. The minimum Gasteiger partial charge on any atom is -0.330 e. The van der Waals surface area contributed by atoms with Gasteiger partial charge < -0.3 is 4.90 Å². The quantitative estimate of drug-likeness (QED) is 0.636. The summed E-state index contributed by atoms with van der Waals surface area (Å²) in [5.74, 6) is -0.264. The summed E-state index contributed by atoms with van der Waals surface area (Å²) < 4.78 is 14.7. The molecule has 0 saturated heterocycles. The van der Waals surface area contributed by atoms with Gasteiger partial charge in [0, 0.05) is 24.5 Å². The SMILES string of the molecule is CC(C)Cn1nc(C(=O)N(Cc2ccc(F)cc2)C2CC2)c2ccccc2c1=O. The molecule has 1 fully saturated rings. The van der Waals surface area contributed by atoms with Crippen LogP contribution in [-0.4, -0.2) is 26.6 Å². The lowest BCUT2D eigenvalue weighted by molar-refractivity contribution is 0.0723. The predicted molar refractivity (Wildman–Crippen MR) is 110 cm³/mol. The van der Waals surface area contributed by atoms with Gasteiger partial charge in [0.1, 0.15) is 5.82 Å². The zero-order valence-corrected chi connectivity index (χ0v) is 16.6. The van der Waals surface area contributed by atoms with E-state index in [-0.39, 0.29) is 29.2 Å². The highest BCUT2D eigenvalue weighted by Gasteiger charge is 2.34. The highest BCUT2D eigenvalue weighted by atomic mass is 19.1. The molecule has 0 aliphatic heterocycles. The summed E-state index contributed by atoms with van der Waals surface area (Å²) in [5.41, 5.74) is 0.990.